The zero-order chi connectivity index (χ0) is 15.3. The van der Waals surface area contributed by atoms with E-state index in [2.05, 4.69) is 10.3 Å². The molecule has 1 heterocycles. The van der Waals surface area contributed by atoms with E-state index in [1.165, 1.54) is 0 Å². The normalized spacial score (nSPS) is 13.3. The van der Waals surface area contributed by atoms with Crippen molar-refractivity contribution in [1.29, 1.82) is 0 Å². The maximum absolute atomic E-state index is 12.7. The molecule has 0 radical (unpaired) electrons. The van der Waals surface area contributed by atoms with Crippen molar-refractivity contribution in [3.63, 3.8) is 0 Å². The largest absolute Gasteiger partial charge is 0.444 e. The lowest BCUT2D eigenvalue weighted by molar-refractivity contribution is -0.140. The second-order valence-corrected chi connectivity index (χ2v) is 4.74. The van der Waals surface area contributed by atoms with Crippen molar-refractivity contribution in [1.82, 2.24) is 10.3 Å². The standard InChI is InChI=1S/C15H17F3N2O/c1-2-12-9-20-14(21-12)10-19-13(8-15(16,17)18)11-6-4-3-5-7-11/h3-7,9,13,19H,2,8,10H2,1H3. The first kappa shape index (κ1) is 15.6. The van der Waals surface area contributed by atoms with Gasteiger partial charge in [-0.1, -0.05) is 37.3 Å². The highest BCUT2D eigenvalue weighted by molar-refractivity contribution is 5.19. The SMILES string of the molecule is CCc1cnc(CNC(CC(F)(F)F)c2ccccc2)o1. The molecule has 114 valence electrons. The summed E-state index contributed by atoms with van der Waals surface area (Å²) in [6.07, 6.45) is -2.87. The highest BCUT2D eigenvalue weighted by atomic mass is 19.4. The van der Waals surface area contributed by atoms with E-state index in [1.54, 1.807) is 36.5 Å². The predicted octanol–water partition coefficient (Wildman–Crippen LogP) is 4.02. The van der Waals surface area contributed by atoms with Gasteiger partial charge in [-0.25, -0.2) is 4.98 Å². The molecule has 0 fully saturated rings. The van der Waals surface area contributed by atoms with Crippen LogP contribution in [-0.2, 0) is 13.0 Å². The Morgan fingerprint density at radius 2 is 1.95 bits per heavy atom. The summed E-state index contributed by atoms with van der Waals surface area (Å²) in [5.41, 5.74) is 0.595. The minimum Gasteiger partial charge on any atom is -0.444 e. The number of rotatable bonds is 6. The van der Waals surface area contributed by atoms with E-state index >= 15 is 0 Å². The number of benzene rings is 1. The molecule has 0 bridgehead atoms. The molecule has 0 spiro atoms. The van der Waals surface area contributed by atoms with Crippen LogP contribution >= 0.6 is 0 Å². The number of nitrogens with zero attached hydrogens (tertiary/aromatic N) is 1. The van der Waals surface area contributed by atoms with E-state index in [1.807, 2.05) is 6.92 Å². The Kier molecular flexibility index (Phi) is 5.01. The van der Waals surface area contributed by atoms with Gasteiger partial charge in [-0.3, -0.25) is 0 Å². The minimum atomic E-state index is -4.24. The van der Waals surface area contributed by atoms with Crippen LogP contribution in [0.5, 0.6) is 0 Å². The maximum Gasteiger partial charge on any atom is 0.390 e. The molecular weight excluding hydrogens is 281 g/mol. The fourth-order valence-electron chi connectivity index (χ4n) is 2.03. The van der Waals surface area contributed by atoms with E-state index in [4.69, 9.17) is 4.42 Å². The van der Waals surface area contributed by atoms with Gasteiger partial charge < -0.3 is 9.73 Å². The smallest absolute Gasteiger partial charge is 0.390 e. The predicted molar refractivity (Wildman–Crippen MR) is 72.6 cm³/mol. The van der Waals surface area contributed by atoms with Crippen molar-refractivity contribution in [2.24, 2.45) is 0 Å². The highest BCUT2D eigenvalue weighted by Gasteiger charge is 2.32. The van der Waals surface area contributed by atoms with Crippen LogP contribution in [0.4, 0.5) is 13.2 Å². The lowest BCUT2D eigenvalue weighted by Gasteiger charge is -2.20. The third-order valence-corrected chi connectivity index (χ3v) is 3.09. The number of oxazole rings is 1. The molecule has 3 nitrogen and oxygen atoms in total. The summed E-state index contributed by atoms with van der Waals surface area (Å²) in [7, 11) is 0. The molecule has 0 aliphatic rings. The summed E-state index contributed by atoms with van der Waals surface area (Å²) in [5.74, 6) is 1.12. The first-order valence-corrected chi connectivity index (χ1v) is 6.76. The van der Waals surface area contributed by atoms with Gasteiger partial charge >= 0.3 is 6.18 Å². The molecule has 1 N–H and O–H groups in total. The summed E-state index contributed by atoms with van der Waals surface area (Å²) in [5, 5.41) is 2.87. The molecule has 1 aromatic carbocycles. The molecule has 0 amide bonds. The van der Waals surface area contributed by atoms with Gasteiger partial charge in [0.25, 0.3) is 0 Å². The fourth-order valence-corrected chi connectivity index (χ4v) is 2.03. The van der Waals surface area contributed by atoms with E-state index in [-0.39, 0.29) is 6.54 Å². The van der Waals surface area contributed by atoms with Crippen LogP contribution < -0.4 is 5.32 Å². The van der Waals surface area contributed by atoms with Crippen molar-refractivity contribution < 1.29 is 17.6 Å². The van der Waals surface area contributed by atoms with Gasteiger partial charge in [-0.05, 0) is 5.56 Å². The third kappa shape index (κ3) is 4.90. The summed E-state index contributed by atoms with van der Waals surface area (Å²) < 4.78 is 43.5. The summed E-state index contributed by atoms with van der Waals surface area (Å²) >= 11 is 0. The number of nitrogens with one attached hydrogen (secondary N) is 1. The molecule has 0 saturated heterocycles. The number of aromatic nitrogens is 1. The van der Waals surface area contributed by atoms with Crippen LogP contribution in [0.15, 0.2) is 40.9 Å². The number of alkyl halides is 3. The first-order valence-electron chi connectivity index (χ1n) is 6.76. The van der Waals surface area contributed by atoms with Crippen LogP contribution in [0, 0.1) is 0 Å². The van der Waals surface area contributed by atoms with Gasteiger partial charge in [0, 0.05) is 12.5 Å². The van der Waals surface area contributed by atoms with Crippen LogP contribution in [0.1, 0.15) is 36.6 Å². The van der Waals surface area contributed by atoms with Crippen LogP contribution in [0.2, 0.25) is 0 Å². The average molecular weight is 298 g/mol. The van der Waals surface area contributed by atoms with Gasteiger partial charge in [0.05, 0.1) is 19.2 Å². The first-order chi connectivity index (χ1) is 9.98. The molecule has 2 rings (SSSR count). The third-order valence-electron chi connectivity index (χ3n) is 3.09. The summed E-state index contributed by atoms with van der Waals surface area (Å²) in [6, 6.07) is 7.76. The van der Waals surface area contributed by atoms with Crippen molar-refractivity contribution >= 4 is 0 Å². The van der Waals surface area contributed by atoms with Crippen molar-refractivity contribution in [2.75, 3.05) is 0 Å². The Morgan fingerprint density at radius 1 is 1.24 bits per heavy atom. The Bertz CT molecular complexity index is 552. The molecule has 0 aliphatic heterocycles. The second kappa shape index (κ2) is 6.76. The van der Waals surface area contributed by atoms with Gasteiger partial charge in [0.2, 0.25) is 5.89 Å². The number of hydrogen-bond acceptors (Lipinski definition) is 3. The Balaban J connectivity index is 2.05. The maximum atomic E-state index is 12.7. The topological polar surface area (TPSA) is 38.1 Å². The fraction of sp³-hybridized carbons (Fsp3) is 0.400. The second-order valence-electron chi connectivity index (χ2n) is 4.74. The van der Waals surface area contributed by atoms with Crippen molar-refractivity contribution in [3.05, 3.63) is 53.7 Å². The molecule has 0 saturated carbocycles. The molecule has 21 heavy (non-hydrogen) atoms. The lowest BCUT2D eigenvalue weighted by Crippen LogP contribution is -2.26. The lowest BCUT2D eigenvalue weighted by atomic mass is 10.0. The molecule has 1 atom stereocenters. The number of halogens is 3. The van der Waals surface area contributed by atoms with Crippen molar-refractivity contribution in [3.8, 4) is 0 Å². The monoisotopic (exact) mass is 298 g/mol. The molecule has 2 aromatic rings. The van der Waals surface area contributed by atoms with E-state index in [0.717, 1.165) is 5.76 Å². The zero-order valence-electron chi connectivity index (χ0n) is 11.7. The molecule has 6 heteroatoms. The van der Waals surface area contributed by atoms with Crippen LogP contribution in [-0.4, -0.2) is 11.2 Å². The van der Waals surface area contributed by atoms with Crippen molar-refractivity contribution in [2.45, 2.75) is 38.5 Å². The van der Waals surface area contributed by atoms with E-state index in [0.29, 0.717) is 17.9 Å². The van der Waals surface area contributed by atoms with E-state index in [9.17, 15) is 13.2 Å². The quantitative estimate of drug-likeness (QED) is 0.875. The number of hydrogen-bond donors (Lipinski definition) is 1. The van der Waals surface area contributed by atoms with Crippen LogP contribution in [0.3, 0.4) is 0 Å². The van der Waals surface area contributed by atoms with Gasteiger partial charge in [0.15, 0.2) is 0 Å². The summed E-state index contributed by atoms with van der Waals surface area (Å²) in [6.45, 7) is 2.09. The Labute approximate surface area is 121 Å². The molecular formula is C15H17F3N2O. The van der Waals surface area contributed by atoms with Gasteiger partial charge in [-0.2, -0.15) is 13.2 Å². The van der Waals surface area contributed by atoms with Crippen LogP contribution in [0.25, 0.3) is 0 Å². The van der Waals surface area contributed by atoms with Gasteiger partial charge in [0.1, 0.15) is 5.76 Å². The van der Waals surface area contributed by atoms with Gasteiger partial charge in [-0.15, -0.1) is 0 Å². The molecule has 1 aromatic heterocycles. The summed E-state index contributed by atoms with van der Waals surface area (Å²) in [4.78, 5) is 4.04. The highest BCUT2D eigenvalue weighted by Crippen LogP contribution is 2.29. The zero-order valence-corrected chi connectivity index (χ0v) is 11.7. The Hall–Kier alpha value is -1.82. The average Bonchev–Trinajstić information content (AvgIpc) is 2.91. The molecule has 1 unspecified atom stereocenters. The number of aryl methyl sites for hydroxylation is 1. The molecule has 0 aliphatic carbocycles. The Morgan fingerprint density at radius 3 is 2.52 bits per heavy atom. The van der Waals surface area contributed by atoms with E-state index < -0.39 is 18.6 Å². The minimum absolute atomic E-state index is 0.162.